The summed E-state index contributed by atoms with van der Waals surface area (Å²) in [6, 6.07) is 6.38. The molecule has 0 spiro atoms. The first-order valence-electron chi connectivity index (χ1n) is 6.38. The monoisotopic (exact) mass is 289 g/mol. The maximum atomic E-state index is 12.3. The smallest absolute Gasteiger partial charge is 0.323 e. The Kier molecular flexibility index (Phi) is 4.32. The summed E-state index contributed by atoms with van der Waals surface area (Å²) in [7, 11) is 0. The summed E-state index contributed by atoms with van der Waals surface area (Å²) in [5.41, 5.74) is 1.10. The molecule has 0 atom stereocenters. The standard InChI is InChI=1S/C14H15N3O4/c1-9(2)17(7-12(18)19)14(20)11-5-3-10(4-6-11)13-16-15-8-21-13/h3-6,8-9H,7H2,1-2H3,(H,18,19). The topological polar surface area (TPSA) is 96.5 Å². The minimum atomic E-state index is -1.04. The Morgan fingerprint density at radius 2 is 1.95 bits per heavy atom. The lowest BCUT2D eigenvalue weighted by molar-refractivity contribution is -0.138. The van der Waals surface area contributed by atoms with E-state index in [0.717, 1.165) is 0 Å². The fourth-order valence-electron chi connectivity index (χ4n) is 1.85. The van der Waals surface area contributed by atoms with E-state index in [2.05, 4.69) is 10.2 Å². The van der Waals surface area contributed by atoms with Gasteiger partial charge in [-0.05, 0) is 38.1 Å². The summed E-state index contributed by atoms with van der Waals surface area (Å²) in [6.45, 7) is 3.21. The van der Waals surface area contributed by atoms with Crippen molar-refractivity contribution < 1.29 is 19.1 Å². The van der Waals surface area contributed by atoms with Gasteiger partial charge in [0, 0.05) is 17.2 Å². The molecule has 0 saturated heterocycles. The van der Waals surface area contributed by atoms with Crippen LogP contribution in [0.15, 0.2) is 35.1 Å². The highest BCUT2D eigenvalue weighted by Gasteiger charge is 2.21. The third-order valence-corrected chi connectivity index (χ3v) is 2.93. The van der Waals surface area contributed by atoms with E-state index in [1.807, 2.05) is 0 Å². The maximum Gasteiger partial charge on any atom is 0.323 e. The van der Waals surface area contributed by atoms with Gasteiger partial charge in [0.2, 0.25) is 12.3 Å². The number of rotatable bonds is 5. The van der Waals surface area contributed by atoms with E-state index in [1.165, 1.54) is 11.3 Å². The number of aliphatic carboxylic acids is 1. The third kappa shape index (κ3) is 3.44. The van der Waals surface area contributed by atoms with Crippen LogP contribution in [0.1, 0.15) is 24.2 Å². The molecule has 0 aliphatic heterocycles. The Morgan fingerprint density at radius 1 is 1.29 bits per heavy atom. The molecule has 110 valence electrons. The molecule has 1 amide bonds. The number of carbonyl (C=O) groups excluding carboxylic acids is 1. The number of benzene rings is 1. The Balaban J connectivity index is 2.20. The van der Waals surface area contributed by atoms with Gasteiger partial charge in [0.15, 0.2) is 0 Å². The van der Waals surface area contributed by atoms with E-state index >= 15 is 0 Å². The number of carboxylic acid groups (broad SMARTS) is 1. The number of carbonyl (C=O) groups is 2. The number of amides is 1. The van der Waals surface area contributed by atoms with Crippen LogP contribution in [0.2, 0.25) is 0 Å². The number of nitrogens with zero attached hydrogens (tertiary/aromatic N) is 3. The largest absolute Gasteiger partial charge is 0.480 e. The van der Waals surface area contributed by atoms with Crippen LogP contribution in [0, 0.1) is 0 Å². The predicted octanol–water partition coefficient (Wildman–Crippen LogP) is 1.67. The van der Waals surface area contributed by atoms with Crippen LogP contribution in [0.25, 0.3) is 11.5 Å². The van der Waals surface area contributed by atoms with E-state index in [0.29, 0.717) is 17.0 Å². The van der Waals surface area contributed by atoms with Crippen molar-refractivity contribution in [3.8, 4) is 11.5 Å². The van der Waals surface area contributed by atoms with Crippen molar-refractivity contribution in [2.45, 2.75) is 19.9 Å². The predicted molar refractivity (Wildman–Crippen MR) is 73.5 cm³/mol. The van der Waals surface area contributed by atoms with Crippen molar-refractivity contribution in [1.82, 2.24) is 15.1 Å². The summed E-state index contributed by atoms with van der Waals surface area (Å²) in [6.07, 6.45) is 1.22. The second-order valence-electron chi connectivity index (χ2n) is 4.74. The van der Waals surface area contributed by atoms with Crippen molar-refractivity contribution in [3.63, 3.8) is 0 Å². The van der Waals surface area contributed by atoms with Crippen molar-refractivity contribution >= 4 is 11.9 Å². The first-order valence-corrected chi connectivity index (χ1v) is 6.38. The Hall–Kier alpha value is -2.70. The second kappa shape index (κ2) is 6.17. The Bertz CT molecular complexity index is 620. The fraction of sp³-hybridized carbons (Fsp3) is 0.286. The van der Waals surface area contributed by atoms with Crippen LogP contribution in [0.3, 0.4) is 0 Å². The molecule has 7 nitrogen and oxygen atoms in total. The van der Waals surface area contributed by atoms with E-state index in [1.54, 1.807) is 38.1 Å². The molecular formula is C14H15N3O4. The minimum absolute atomic E-state index is 0.204. The lowest BCUT2D eigenvalue weighted by atomic mass is 10.1. The van der Waals surface area contributed by atoms with Gasteiger partial charge in [-0.3, -0.25) is 9.59 Å². The normalized spacial score (nSPS) is 10.6. The van der Waals surface area contributed by atoms with Gasteiger partial charge in [0.05, 0.1) is 0 Å². The van der Waals surface area contributed by atoms with Crippen molar-refractivity contribution in [2.24, 2.45) is 0 Å². The quantitative estimate of drug-likeness (QED) is 0.899. The zero-order valence-electron chi connectivity index (χ0n) is 11.7. The summed E-state index contributed by atoms with van der Waals surface area (Å²) < 4.78 is 5.06. The fourth-order valence-corrected chi connectivity index (χ4v) is 1.85. The first kappa shape index (κ1) is 14.7. The molecule has 7 heteroatoms. The first-order chi connectivity index (χ1) is 9.99. The van der Waals surface area contributed by atoms with E-state index in [-0.39, 0.29) is 18.5 Å². The second-order valence-corrected chi connectivity index (χ2v) is 4.74. The highest BCUT2D eigenvalue weighted by molar-refractivity contribution is 5.96. The average Bonchev–Trinajstić information content (AvgIpc) is 2.98. The van der Waals surface area contributed by atoms with Gasteiger partial charge in [-0.25, -0.2) is 0 Å². The SMILES string of the molecule is CC(C)N(CC(=O)O)C(=O)c1ccc(-c2nnco2)cc1. The highest BCUT2D eigenvalue weighted by atomic mass is 16.4. The van der Waals surface area contributed by atoms with Crippen molar-refractivity contribution in [3.05, 3.63) is 36.2 Å². The van der Waals surface area contributed by atoms with E-state index in [4.69, 9.17) is 9.52 Å². The summed E-state index contributed by atoms with van der Waals surface area (Å²) in [5.74, 6) is -1.01. The van der Waals surface area contributed by atoms with Crippen LogP contribution in [0.4, 0.5) is 0 Å². The average molecular weight is 289 g/mol. The molecule has 2 aromatic rings. The van der Waals surface area contributed by atoms with E-state index < -0.39 is 5.97 Å². The summed E-state index contributed by atoms with van der Waals surface area (Å²) >= 11 is 0. The van der Waals surface area contributed by atoms with Gasteiger partial charge in [-0.2, -0.15) is 0 Å². The van der Waals surface area contributed by atoms with Crippen LogP contribution in [-0.2, 0) is 4.79 Å². The van der Waals surface area contributed by atoms with Crippen LogP contribution >= 0.6 is 0 Å². The summed E-state index contributed by atoms with van der Waals surface area (Å²) in [4.78, 5) is 24.5. The maximum absolute atomic E-state index is 12.3. The number of carboxylic acids is 1. The summed E-state index contributed by atoms with van der Waals surface area (Å²) in [5, 5.41) is 16.2. The van der Waals surface area contributed by atoms with Crippen LogP contribution < -0.4 is 0 Å². The van der Waals surface area contributed by atoms with Crippen molar-refractivity contribution in [1.29, 1.82) is 0 Å². The molecule has 1 heterocycles. The number of hydrogen-bond donors (Lipinski definition) is 1. The van der Waals surface area contributed by atoms with Gasteiger partial charge >= 0.3 is 5.97 Å². The lowest BCUT2D eigenvalue weighted by Gasteiger charge is -2.24. The molecular weight excluding hydrogens is 274 g/mol. The lowest BCUT2D eigenvalue weighted by Crippen LogP contribution is -2.40. The van der Waals surface area contributed by atoms with Gasteiger partial charge in [0.1, 0.15) is 6.54 Å². The molecule has 0 fully saturated rings. The molecule has 2 rings (SSSR count). The molecule has 0 bridgehead atoms. The van der Waals surface area contributed by atoms with Crippen LogP contribution in [-0.4, -0.2) is 44.7 Å². The van der Waals surface area contributed by atoms with Crippen LogP contribution in [0.5, 0.6) is 0 Å². The molecule has 1 aromatic heterocycles. The zero-order valence-corrected chi connectivity index (χ0v) is 11.7. The highest BCUT2D eigenvalue weighted by Crippen LogP contribution is 2.18. The Morgan fingerprint density at radius 3 is 2.43 bits per heavy atom. The van der Waals surface area contributed by atoms with Gasteiger partial charge in [-0.1, -0.05) is 0 Å². The van der Waals surface area contributed by atoms with Crippen molar-refractivity contribution in [2.75, 3.05) is 6.54 Å². The molecule has 0 radical (unpaired) electrons. The third-order valence-electron chi connectivity index (χ3n) is 2.93. The molecule has 0 unspecified atom stereocenters. The molecule has 21 heavy (non-hydrogen) atoms. The molecule has 0 aliphatic carbocycles. The van der Waals surface area contributed by atoms with Gasteiger partial charge < -0.3 is 14.4 Å². The zero-order chi connectivity index (χ0) is 15.4. The van der Waals surface area contributed by atoms with Gasteiger partial charge in [-0.15, -0.1) is 10.2 Å². The van der Waals surface area contributed by atoms with Gasteiger partial charge in [0.25, 0.3) is 5.91 Å². The minimum Gasteiger partial charge on any atom is -0.480 e. The number of aromatic nitrogens is 2. The Labute approximate surface area is 121 Å². The van der Waals surface area contributed by atoms with E-state index in [9.17, 15) is 9.59 Å². The molecule has 0 saturated carbocycles. The number of hydrogen-bond acceptors (Lipinski definition) is 5. The molecule has 1 N–H and O–H groups in total. The molecule has 1 aromatic carbocycles. The molecule has 0 aliphatic rings.